The van der Waals surface area contributed by atoms with E-state index in [0.717, 1.165) is 5.56 Å². The van der Waals surface area contributed by atoms with E-state index in [1.54, 1.807) is 6.07 Å². The van der Waals surface area contributed by atoms with Crippen LogP contribution >= 0.6 is 24.0 Å². The standard InChI is InChI=1S/C9H11ClFNO.ClH/c10-9-4-7(11)2-1-6(9)3-8(12)5-13;/h1-2,4,8,13H,3,5,12H2;1H. The Labute approximate surface area is 93.3 Å². The molecule has 0 aliphatic heterocycles. The molecular weight excluding hydrogens is 228 g/mol. The second-order valence-corrected chi connectivity index (χ2v) is 3.29. The molecule has 0 fully saturated rings. The van der Waals surface area contributed by atoms with E-state index in [1.165, 1.54) is 12.1 Å². The van der Waals surface area contributed by atoms with E-state index < -0.39 is 0 Å². The Bertz CT molecular complexity index is 296. The zero-order chi connectivity index (χ0) is 9.84. The number of hydrogen-bond acceptors (Lipinski definition) is 2. The van der Waals surface area contributed by atoms with Crippen LogP contribution < -0.4 is 5.73 Å². The molecule has 5 heteroatoms. The average Bonchev–Trinajstić information content (AvgIpc) is 2.09. The van der Waals surface area contributed by atoms with Crippen molar-refractivity contribution < 1.29 is 9.50 Å². The van der Waals surface area contributed by atoms with E-state index in [-0.39, 0.29) is 30.9 Å². The lowest BCUT2D eigenvalue weighted by Gasteiger charge is -2.09. The summed E-state index contributed by atoms with van der Waals surface area (Å²) in [6.07, 6.45) is 0.454. The minimum absolute atomic E-state index is 0. The van der Waals surface area contributed by atoms with Gasteiger partial charge in [0.05, 0.1) is 6.61 Å². The van der Waals surface area contributed by atoms with Crippen LogP contribution in [0.15, 0.2) is 18.2 Å². The van der Waals surface area contributed by atoms with Crippen molar-refractivity contribution in [2.45, 2.75) is 12.5 Å². The molecular formula is C9H12Cl2FNO. The number of halogens is 3. The first-order chi connectivity index (χ1) is 6.13. The van der Waals surface area contributed by atoms with E-state index in [1.807, 2.05) is 0 Å². The van der Waals surface area contributed by atoms with Crippen molar-refractivity contribution >= 4 is 24.0 Å². The van der Waals surface area contributed by atoms with Crippen LogP contribution in [0.2, 0.25) is 5.02 Å². The summed E-state index contributed by atoms with van der Waals surface area (Å²) in [7, 11) is 0. The molecule has 1 aromatic rings. The fourth-order valence-electron chi connectivity index (χ4n) is 1.03. The second-order valence-electron chi connectivity index (χ2n) is 2.88. The summed E-state index contributed by atoms with van der Waals surface area (Å²) in [5.74, 6) is -0.369. The van der Waals surface area contributed by atoms with Crippen molar-refractivity contribution in [1.29, 1.82) is 0 Å². The third-order valence-corrected chi connectivity index (χ3v) is 2.08. The molecule has 1 atom stereocenters. The Morgan fingerprint density at radius 2 is 2.14 bits per heavy atom. The first-order valence-electron chi connectivity index (χ1n) is 3.94. The van der Waals surface area contributed by atoms with Gasteiger partial charge in [0, 0.05) is 11.1 Å². The Morgan fingerprint density at radius 3 is 2.64 bits per heavy atom. The lowest BCUT2D eigenvalue weighted by Crippen LogP contribution is -2.26. The van der Waals surface area contributed by atoms with Gasteiger partial charge in [0.2, 0.25) is 0 Å². The fraction of sp³-hybridized carbons (Fsp3) is 0.333. The third kappa shape index (κ3) is 3.80. The van der Waals surface area contributed by atoms with E-state index in [4.69, 9.17) is 22.4 Å². The molecule has 0 bridgehead atoms. The lowest BCUT2D eigenvalue weighted by molar-refractivity contribution is 0.265. The molecule has 0 saturated heterocycles. The highest BCUT2D eigenvalue weighted by molar-refractivity contribution is 6.31. The normalized spacial score (nSPS) is 12.0. The van der Waals surface area contributed by atoms with Crippen molar-refractivity contribution in [3.05, 3.63) is 34.6 Å². The molecule has 0 spiro atoms. The molecule has 14 heavy (non-hydrogen) atoms. The molecule has 1 aromatic carbocycles. The van der Waals surface area contributed by atoms with Gasteiger partial charge in [-0.15, -0.1) is 12.4 Å². The number of aliphatic hydroxyl groups is 1. The van der Waals surface area contributed by atoms with Crippen LogP contribution in [0.5, 0.6) is 0 Å². The summed E-state index contributed by atoms with van der Waals surface area (Å²) < 4.78 is 12.6. The van der Waals surface area contributed by atoms with Gasteiger partial charge in [-0.1, -0.05) is 17.7 Å². The molecule has 80 valence electrons. The first kappa shape index (κ1) is 13.7. The number of nitrogens with two attached hydrogens (primary N) is 1. The van der Waals surface area contributed by atoms with Gasteiger partial charge >= 0.3 is 0 Å². The van der Waals surface area contributed by atoms with Crippen molar-refractivity contribution in [1.82, 2.24) is 0 Å². The molecule has 0 heterocycles. The molecule has 3 N–H and O–H groups in total. The topological polar surface area (TPSA) is 46.2 Å². The van der Waals surface area contributed by atoms with Crippen LogP contribution in [0, 0.1) is 5.82 Å². The fourth-order valence-corrected chi connectivity index (χ4v) is 1.28. The smallest absolute Gasteiger partial charge is 0.124 e. The van der Waals surface area contributed by atoms with Crippen molar-refractivity contribution in [2.75, 3.05) is 6.61 Å². The summed E-state index contributed by atoms with van der Waals surface area (Å²) in [6, 6.07) is 3.79. The van der Waals surface area contributed by atoms with Crippen molar-refractivity contribution in [3.63, 3.8) is 0 Å². The molecule has 2 nitrogen and oxygen atoms in total. The predicted molar refractivity (Wildman–Crippen MR) is 57.4 cm³/mol. The zero-order valence-corrected chi connectivity index (χ0v) is 8.98. The molecule has 0 aliphatic carbocycles. The van der Waals surface area contributed by atoms with E-state index in [0.29, 0.717) is 11.4 Å². The molecule has 0 amide bonds. The number of aliphatic hydroxyl groups excluding tert-OH is 1. The third-order valence-electron chi connectivity index (χ3n) is 1.73. The molecule has 0 radical (unpaired) electrons. The summed E-state index contributed by atoms with van der Waals surface area (Å²) >= 11 is 5.75. The van der Waals surface area contributed by atoms with Gasteiger partial charge in [0.1, 0.15) is 5.82 Å². The summed E-state index contributed by atoms with van der Waals surface area (Å²) in [6.45, 7) is -0.103. The Kier molecular flexibility index (Phi) is 6.04. The van der Waals surface area contributed by atoms with E-state index >= 15 is 0 Å². The Balaban J connectivity index is 0.00000169. The van der Waals surface area contributed by atoms with Crippen molar-refractivity contribution in [2.24, 2.45) is 5.73 Å². The maximum Gasteiger partial charge on any atom is 0.124 e. The van der Waals surface area contributed by atoms with Gasteiger partial charge in [-0.2, -0.15) is 0 Å². The monoisotopic (exact) mass is 239 g/mol. The Hall–Kier alpha value is -0.350. The summed E-state index contributed by atoms with van der Waals surface area (Å²) in [4.78, 5) is 0. The Morgan fingerprint density at radius 1 is 1.50 bits per heavy atom. The van der Waals surface area contributed by atoms with Gasteiger partial charge in [0.15, 0.2) is 0 Å². The number of hydrogen-bond donors (Lipinski definition) is 2. The van der Waals surface area contributed by atoms with Crippen LogP contribution in [0.4, 0.5) is 4.39 Å². The molecule has 0 saturated carbocycles. The van der Waals surface area contributed by atoms with Gasteiger partial charge in [-0.25, -0.2) is 4.39 Å². The largest absolute Gasteiger partial charge is 0.395 e. The molecule has 0 aromatic heterocycles. The summed E-state index contributed by atoms with van der Waals surface area (Å²) in [5, 5.41) is 9.05. The van der Waals surface area contributed by atoms with Gasteiger partial charge in [-0.05, 0) is 24.1 Å². The van der Waals surface area contributed by atoms with Gasteiger partial charge in [-0.3, -0.25) is 0 Å². The second kappa shape index (κ2) is 6.19. The maximum atomic E-state index is 12.6. The molecule has 0 aliphatic rings. The van der Waals surface area contributed by atoms with Crippen LogP contribution in [0.25, 0.3) is 0 Å². The first-order valence-corrected chi connectivity index (χ1v) is 4.31. The van der Waals surface area contributed by atoms with E-state index in [9.17, 15) is 4.39 Å². The van der Waals surface area contributed by atoms with Crippen LogP contribution in [-0.2, 0) is 6.42 Å². The predicted octanol–water partition coefficient (Wildman–Crippen LogP) is 1.76. The number of rotatable bonds is 3. The highest BCUT2D eigenvalue weighted by Crippen LogP contribution is 2.18. The number of benzene rings is 1. The van der Waals surface area contributed by atoms with Gasteiger partial charge in [0.25, 0.3) is 0 Å². The quantitative estimate of drug-likeness (QED) is 0.845. The lowest BCUT2D eigenvalue weighted by atomic mass is 10.1. The average molecular weight is 240 g/mol. The highest BCUT2D eigenvalue weighted by Gasteiger charge is 2.06. The maximum absolute atomic E-state index is 12.6. The van der Waals surface area contributed by atoms with Crippen LogP contribution in [0.3, 0.4) is 0 Å². The minimum atomic E-state index is -0.369. The van der Waals surface area contributed by atoms with Crippen molar-refractivity contribution in [3.8, 4) is 0 Å². The van der Waals surface area contributed by atoms with Crippen LogP contribution in [-0.4, -0.2) is 17.8 Å². The molecule has 1 unspecified atom stereocenters. The van der Waals surface area contributed by atoms with Crippen LogP contribution in [0.1, 0.15) is 5.56 Å². The molecule has 1 rings (SSSR count). The van der Waals surface area contributed by atoms with E-state index in [2.05, 4.69) is 0 Å². The SMILES string of the molecule is Cl.NC(CO)Cc1ccc(F)cc1Cl. The summed E-state index contributed by atoms with van der Waals surface area (Å²) in [5.41, 5.74) is 6.26. The van der Waals surface area contributed by atoms with Gasteiger partial charge < -0.3 is 10.8 Å². The highest BCUT2D eigenvalue weighted by atomic mass is 35.5. The minimum Gasteiger partial charge on any atom is -0.395 e. The zero-order valence-electron chi connectivity index (χ0n) is 7.41.